The number of hydrogen-bond acceptors (Lipinski definition) is 6. The van der Waals surface area contributed by atoms with Gasteiger partial charge in [-0.25, -0.2) is 0 Å². The number of rotatable bonds is 9. The minimum absolute atomic E-state index is 0.0683. The van der Waals surface area contributed by atoms with Crippen LogP contribution in [0.5, 0.6) is 5.75 Å². The van der Waals surface area contributed by atoms with Crippen molar-refractivity contribution in [2.24, 2.45) is 0 Å². The van der Waals surface area contributed by atoms with E-state index >= 15 is 0 Å². The van der Waals surface area contributed by atoms with Crippen LogP contribution in [0.25, 0.3) is 0 Å². The third-order valence-corrected chi connectivity index (χ3v) is 5.26. The van der Waals surface area contributed by atoms with Crippen LogP contribution < -0.4 is 15.4 Å². The van der Waals surface area contributed by atoms with Crippen LogP contribution in [0.15, 0.2) is 30.5 Å². The molecule has 1 fully saturated rings. The highest BCUT2D eigenvalue weighted by Gasteiger charge is 2.40. The second-order valence-electron chi connectivity index (χ2n) is 7.66. The predicted octanol–water partition coefficient (Wildman–Crippen LogP) is 2.89. The molecule has 1 atom stereocenters. The molecule has 0 aromatic heterocycles. The van der Waals surface area contributed by atoms with Gasteiger partial charge in [0.05, 0.1) is 24.2 Å². The van der Waals surface area contributed by atoms with Crippen molar-refractivity contribution in [3.8, 4) is 5.75 Å². The number of alkyl halides is 3. The van der Waals surface area contributed by atoms with Crippen molar-refractivity contribution in [3.63, 3.8) is 0 Å². The van der Waals surface area contributed by atoms with Gasteiger partial charge >= 0.3 is 6.36 Å². The third-order valence-electron chi connectivity index (χ3n) is 5.03. The van der Waals surface area contributed by atoms with Crippen LogP contribution >= 0.6 is 11.6 Å². The quantitative estimate of drug-likeness (QED) is 0.552. The summed E-state index contributed by atoms with van der Waals surface area (Å²) in [6.45, 7) is 3.57. The lowest BCUT2D eigenvalue weighted by Crippen LogP contribution is -2.43. The van der Waals surface area contributed by atoms with Crippen molar-refractivity contribution in [2.45, 2.75) is 50.4 Å². The number of hydrogen-bond donors (Lipinski definition) is 2. The Labute approximate surface area is 192 Å². The van der Waals surface area contributed by atoms with Crippen LogP contribution in [0.3, 0.4) is 0 Å². The van der Waals surface area contributed by atoms with E-state index in [4.69, 9.17) is 21.1 Å². The number of ether oxygens (including phenoxy) is 3. The SMILES string of the molecule is C=C(CCNC(=O)CO[C@H]1C[C@@H](OC(F)(F)F)C1)NC(=O)C1CC(=O)c2cc(Cl)ccc2O1. The molecule has 3 rings (SSSR count). The topological polar surface area (TPSA) is 103 Å². The first-order valence-electron chi connectivity index (χ1n) is 10.1. The maximum Gasteiger partial charge on any atom is 0.522 e. The average Bonchev–Trinajstić information content (AvgIpc) is 2.69. The highest BCUT2D eigenvalue weighted by Crippen LogP contribution is 2.32. The first-order valence-corrected chi connectivity index (χ1v) is 10.5. The zero-order valence-corrected chi connectivity index (χ0v) is 18.1. The van der Waals surface area contributed by atoms with Gasteiger partial charge in [-0.2, -0.15) is 0 Å². The zero-order chi connectivity index (χ0) is 24.2. The highest BCUT2D eigenvalue weighted by atomic mass is 35.5. The number of Topliss-reactive ketones (excluding diaryl/α,β-unsaturated/α-hetero) is 1. The van der Waals surface area contributed by atoms with E-state index < -0.39 is 36.5 Å². The highest BCUT2D eigenvalue weighted by molar-refractivity contribution is 6.31. The van der Waals surface area contributed by atoms with E-state index in [1.54, 1.807) is 6.07 Å². The number of halogens is 4. The maximum absolute atomic E-state index is 12.4. The molecule has 1 aliphatic heterocycles. The molecule has 1 unspecified atom stereocenters. The Bertz CT molecular complexity index is 933. The largest absolute Gasteiger partial charge is 0.522 e. The fraction of sp³-hybridized carbons (Fsp3) is 0.476. The van der Waals surface area contributed by atoms with Gasteiger partial charge in [0, 0.05) is 36.5 Å². The number of benzene rings is 1. The monoisotopic (exact) mass is 490 g/mol. The molecular weight excluding hydrogens is 469 g/mol. The Hall–Kier alpha value is -2.63. The zero-order valence-electron chi connectivity index (χ0n) is 17.4. The number of amides is 2. The van der Waals surface area contributed by atoms with E-state index in [2.05, 4.69) is 21.9 Å². The van der Waals surface area contributed by atoms with Crippen LogP contribution in [0, 0.1) is 0 Å². The van der Waals surface area contributed by atoms with E-state index in [0.29, 0.717) is 16.3 Å². The molecule has 1 saturated carbocycles. The fourth-order valence-electron chi connectivity index (χ4n) is 3.30. The predicted molar refractivity (Wildman–Crippen MR) is 110 cm³/mol. The number of ketones is 1. The molecule has 33 heavy (non-hydrogen) atoms. The maximum atomic E-state index is 12.4. The molecule has 8 nitrogen and oxygen atoms in total. The lowest BCUT2D eigenvalue weighted by molar-refractivity contribution is -0.357. The molecule has 1 aromatic rings. The number of carbonyl (C=O) groups is 3. The summed E-state index contributed by atoms with van der Waals surface area (Å²) < 4.78 is 50.8. The van der Waals surface area contributed by atoms with Crippen LogP contribution in [0.4, 0.5) is 13.2 Å². The molecular formula is C21H22ClF3N2O6. The molecule has 2 amide bonds. The second-order valence-corrected chi connectivity index (χ2v) is 8.09. The molecule has 1 heterocycles. The van der Waals surface area contributed by atoms with Crippen LogP contribution in [0.1, 0.15) is 36.0 Å². The van der Waals surface area contributed by atoms with Gasteiger partial charge in [-0.05, 0) is 18.2 Å². The summed E-state index contributed by atoms with van der Waals surface area (Å²) in [5.41, 5.74) is 0.630. The van der Waals surface area contributed by atoms with E-state index in [0.717, 1.165) is 0 Å². The van der Waals surface area contributed by atoms with E-state index in [-0.39, 0.29) is 50.4 Å². The van der Waals surface area contributed by atoms with Crippen LogP contribution in [-0.2, 0) is 19.1 Å². The van der Waals surface area contributed by atoms with E-state index in [1.807, 2.05) is 0 Å². The molecule has 180 valence electrons. The average molecular weight is 491 g/mol. The second kappa shape index (κ2) is 10.5. The Balaban J connectivity index is 1.30. The molecule has 2 aliphatic rings. The summed E-state index contributed by atoms with van der Waals surface area (Å²) in [7, 11) is 0. The van der Waals surface area contributed by atoms with Gasteiger partial charge in [0.15, 0.2) is 11.9 Å². The van der Waals surface area contributed by atoms with Crippen molar-refractivity contribution < 1.29 is 41.8 Å². The van der Waals surface area contributed by atoms with Gasteiger partial charge < -0.3 is 20.1 Å². The summed E-state index contributed by atoms with van der Waals surface area (Å²) in [6.07, 6.45) is -6.89. The van der Waals surface area contributed by atoms with Gasteiger partial charge in [0.25, 0.3) is 5.91 Å². The molecule has 0 spiro atoms. The van der Waals surface area contributed by atoms with Crippen molar-refractivity contribution in [2.75, 3.05) is 13.2 Å². The smallest absolute Gasteiger partial charge is 0.479 e. The minimum atomic E-state index is -4.68. The molecule has 0 bridgehead atoms. The molecule has 0 radical (unpaired) electrons. The number of carbonyl (C=O) groups excluding carboxylic acids is 3. The van der Waals surface area contributed by atoms with Crippen molar-refractivity contribution in [3.05, 3.63) is 41.1 Å². The normalized spacial score (nSPS) is 21.9. The molecule has 1 aromatic carbocycles. The first kappa shape index (κ1) is 25.0. The third kappa shape index (κ3) is 7.44. The summed E-state index contributed by atoms with van der Waals surface area (Å²) in [5.74, 6) is -0.981. The first-order chi connectivity index (χ1) is 15.5. The summed E-state index contributed by atoms with van der Waals surface area (Å²) in [6, 6.07) is 4.56. The lowest BCUT2D eigenvalue weighted by Gasteiger charge is -2.34. The van der Waals surface area contributed by atoms with Crippen molar-refractivity contribution in [1.29, 1.82) is 0 Å². The van der Waals surface area contributed by atoms with Crippen LogP contribution in [0.2, 0.25) is 5.02 Å². The van der Waals surface area contributed by atoms with Crippen molar-refractivity contribution in [1.82, 2.24) is 10.6 Å². The Morgan fingerprint density at radius 1 is 1.24 bits per heavy atom. The van der Waals surface area contributed by atoms with Crippen LogP contribution in [-0.4, -0.2) is 55.4 Å². The van der Waals surface area contributed by atoms with Gasteiger partial charge in [-0.1, -0.05) is 18.2 Å². The van der Waals surface area contributed by atoms with E-state index in [1.165, 1.54) is 12.1 Å². The summed E-state index contributed by atoms with van der Waals surface area (Å²) in [4.78, 5) is 36.4. The van der Waals surface area contributed by atoms with Gasteiger partial charge in [0.2, 0.25) is 5.91 Å². The molecule has 0 saturated heterocycles. The Morgan fingerprint density at radius 2 is 1.97 bits per heavy atom. The van der Waals surface area contributed by atoms with Gasteiger partial charge in [0.1, 0.15) is 12.4 Å². The molecule has 12 heteroatoms. The summed E-state index contributed by atoms with van der Waals surface area (Å²) >= 11 is 5.87. The Morgan fingerprint density at radius 3 is 2.67 bits per heavy atom. The van der Waals surface area contributed by atoms with Gasteiger partial charge in [-0.3, -0.25) is 19.1 Å². The number of fused-ring (bicyclic) bond motifs is 1. The lowest BCUT2D eigenvalue weighted by atomic mass is 9.92. The van der Waals surface area contributed by atoms with E-state index in [9.17, 15) is 27.6 Å². The van der Waals surface area contributed by atoms with Gasteiger partial charge in [-0.15, -0.1) is 13.2 Å². The van der Waals surface area contributed by atoms with Crippen molar-refractivity contribution >= 4 is 29.2 Å². The summed E-state index contributed by atoms with van der Waals surface area (Å²) in [5, 5.41) is 5.50. The Kier molecular flexibility index (Phi) is 7.98. The fourth-order valence-corrected chi connectivity index (χ4v) is 3.47. The minimum Gasteiger partial charge on any atom is -0.479 e. The molecule has 2 N–H and O–H groups in total. The number of nitrogens with one attached hydrogen (secondary N) is 2. The standard InChI is InChI=1S/C21H22ClF3N2O6/c1-11(4-5-26-19(29)10-31-13-7-14(8-13)33-21(23,24)25)27-20(30)18-9-16(28)15-6-12(22)2-3-17(15)32-18/h2-3,6,13-14,18H,1,4-5,7-10H2,(H,26,29)(H,27,30)/t13-,14+,18?. The molecule has 1 aliphatic carbocycles.